The van der Waals surface area contributed by atoms with Gasteiger partial charge in [-0.1, -0.05) is 19.1 Å². The predicted octanol–water partition coefficient (Wildman–Crippen LogP) is 1.60. The number of hydrogen-bond donors (Lipinski definition) is 1. The number of allylic oxidation sites excluding steroid dienone is 1. The Morgan fingerprint density at radius 1 is 1.50 bits per heavy atom. The predicted molar refractivity (Wildman–Crippen MR) is 56.7 cm³/mol. The molecule has 4 atom stereocenters. The van der Waals surface area contributed by atoms with E-state index < -0.39 is 5.97 Å². The summed E-state index contributed by atoms with van der Waals surface area (Å²) in [5, 5.41) is 8.82. The quantitative estimate of drug-likeness (QED) is 0.584. The topological polar surface area (TPSA) is 63.6 Å². The third kappa shape index (κ3) is 1.96. The van der Waals surface area contributed by atoms with Crippen LogP contribution in [0.1, 0.15) is 26.2 Å². The number of ether oxygens (including phenoxy) is 1. The van der Waals surface area contributed by atoms with Gasteiger partial charge in [-0.25, -0.2) is 0 Å². The van der Waals surface area contributed by atoms with Crippen molar-refractivity contribution in [2.24, 2.45) is 17.8 Å². The molecule has 4 nitrogen and oxygen atoms in total. The van der Waals surface area contributed by atoms with Crippen LogP contribution in [0.2, 0.25) is 0 Å². The van der Waals surface area contributed by atoms with Crippen LogP contribution in [0.3, 0.4) is 0 Å². The van der Waals surface area contributed by atoms with Crippen molar-refractivity contribution in [3.63, 3.8) is 0 Å². The molecule has 0 saturated carbocycles. The Bertz CT molecular complexity index is 334. The second kappa shape index (κ2) is 4.28. The maximum atomic E-state index is 11.3. The molecule has 2 rings (SSSR count). The molecule has 0 radical (unpaired) electrons. The third-order valence-electron chi connectivity index (χ3n) is 3.55. The Morgan fingerprint density at radius 2 is 2.19 bits per heavy atom. The first-order valence-corrected chi connectivity index (χ1v) is 5.71. The molecule has 1 heterocycles. The van der Waals surface area contributed by atoms with Gasteiger partial charge in [0.1, 0.15) is 6.10 Å². The molecule has 88 valence electrons. The van der Waals surface area contributed by atoms with Gasteiger partial charge < -0.3 is 9.84 Å². The highest BCUT2D eigenvalue weighted by Crippen LogP contribution is 2.40. The normalized spacial score (nSPS) is 36.9. The zero-order valence-electron chi connectivity index (χ0n) is 9.26. The lowest BCUT2D eigenvalue weighted by atomic mass is 9.74. The number of carbonyl (C=O) groups is 2. The van der Waals surface area contributed by atoms with Crippen molar-refractivity contribution in [1.82, 2.24) is 0 Å². The molecule has 1 aliphatic heterocycles. The van der Waals surface area contributed by atoms with E-state index in [1.54, 1.807) is 0 Å². The lowest BCUT2D eigenvalue weighted by Gasteiger charge is -2.32. The molecule has 0 unspecified atom stereocenters. The van der Waals surface area contributed by atoms with Crippen LogP contribution in [0.15, 0.2) is 12.2 Å². The van der Waals surface area contributed by atoms with Crippen LogP contribution < -0.4 is 0 Å². The van der Waals surface area contributed by atoms with Crippen molar-refractivity contribution >= 4 is 11.9 Å². The highest BCUT2D eigenvalue weighted by molar-refractivity contribution is 5.73. The van der Waals surface area contributed by atoms with E-state index in [2.05, 4.69) is 6.92 Å². The Morgan fingerprint density at radius 3 is 2.81 bits per heavy atom. The SMILES string of the molecule is CC[C@@H]1C=C[C@@H](CC(=O)O)[C@H]2CC(=O)O[C@H]21. The van der Waals surface area contributed by atoms with Crippen LogP contribution in [0.25, 0.3) is 0 Å². The number of carbonyl (C=O) groups excluding carboxylic acids is 1. The molecule has 0 spiro atoms. The number of fused-ring (bicyclic) bond motifs is 1. The fourth-order valence-electron chi connectivity index (χ4n) is 2.72. The maximum absolute atomic E-state index is 11.3. The Balaban J connectivity index is 2.17. The van der Waals surface area contributed by atoms with Crippen LogP contribution in [0, 0.1) is 17.8 Å². The van der Waals surface area contributed by atoms with Gasteiger partial charge in [-0.2, -0.15) is 0 Å². The molecule has 1 aliphatic carbocycles. The number of rotatable bonds is 3. The summed E-state index contributed by atoms with van der Waals surface area (Å²) >= 11 is 0. The average molecular weight is 224 g/mol. The van der Waals surface area contributed by atoms with E-state index in [-0.39, 0.29) is 36.2 Å². The fraction of sp³-hybridized carbons (Fsp3) is 0.667. The fourth-order valence-corrected chi connectivity index (χ4v) is 2.72. The van der Waals surface area contributed by atoms with Crippen molar-refractivity contribution in [3.8, 4) is 0 Å². The number of esters is 1. The molecule has 0 bridgehead atoms. The number of carboxylic acid groups (broad SMARTS) is 1. The lowest BCUT2D eigenvalue weighted by Crippen LogP contribution is -2.33. The Kier molecular flexibility index (Phi) is 2.99. The molecular formula is C12H16O4. The van der Waals surface area contributed by atoms with Crippen LogP contribution >= 0.6 is 0 Å². The van der Waals surface area contributed by atoms with Gasteiger partial charge in [-0.3, -0.25) is 9.59 Å². The van der Waals surface area contributed by atoms with Crippen molar-refractivity contribution in [1.29, 1.82) is 0 Å². The molecule has 0 aromatic carbocycles. The van der Waals surface area contributed by atoms with Crippen LogP contribution in [0.5, 0.6) is 0 Å². The molecule has 0 aromatic rings. The van der Waals surface area contributed by atoms with Gasteiger partial charge in [0, 0.05) is 11.8 Å². The van der Waals surface area contributed by atoms with Gasteiger partial charge in [0.15, 0.2) is 0 Å². The number of carboxylic acids is 1. The first-order chi connectivity index (χ1) is 7.61. The smallest absolute Gasteiger partial charge is 0.306 e. The first-order valence-electron chi connectivity index (χ1n) is 5.71. The Hall–Kier alpha value is -1.32. The van der Waals surface area contributed by atoms with Crippen molar-refractivity contribution in [3.05, 3.63) is 12.2 Å². The highest BCUT2D eigenvalue weighted by Gasteiger charge is 2.44. The summed E-state index contributed by atoms with van der Waals surface area (Å²) in [6.45, 7) is 2.05. The minimum atomic E-state index is -0.817. The zero-order chi connectivity index (χ0) is 11.7. The summed E-state index contributed by atoms with van der Waals surface area (Å²) in [6.07, 6.45) is 5.23. The molecule has 16 heavy (non-hydrogen) atoms. The summed E-state index contributed by atoms with van der Waals surface area (Å²) in [5.74, 6) is -0.757. The van der Waals surface area contributed by atoms with Gasteiger partial charge in [-0.05, 0) is 12.3 Å². The summed E-state index contributed by atoms with van der Waals surface area (Å²) in [5.41, 5.74) is 0. The van der Waals surface area contributed by atoms with Gasteiger partial charge in [-0.15, -0.1) is 0 Å². The van der Waals surface area contributed by atoms with E-state index in [9.17, 15) is 9.59 Å². The molecule has 0 aromatic heterocycles. The molecule has 4 heteroatoms. The second-order valence-electron chi connectivity index (χ2n) is 4.54. The van der Waals surface area contributed by atoms with Crippen LogP contribution in [-0.4, -0.2) is 23.1 Å². The summed E-state index contributed by atoms with van der Waals surface area (Å²) in [6, 6.07) is 0. The monoisotopic (exact) mass is 224 g/mol. The molecule has 2 aliphatic rings. The van der Waals surface area contributed by atoms with E-state index in [1.807, 2.05) is 12.2 Å². The molecule has 1 N–H and O–H groups in total. The van der Waals surface area contributed by atoms with Gasteiger partial charge in [0.05, 0.1) is 12.8 Å². The standard InChI is InChI=1S/C12H16O4/c1-2-7-3-4-8(5-10(13)14)9-6-11(15)16-12(7)9/h3-4,7-9,12H,2,5-6H2,1H3,(H,13,14)/t7-,8+,9-,12+/m1/s1. The van der Waals surface area contributed by atoms with Gasteiger partial charge in [0.25, 0.3) is 0 Å². The van der Waals surface area contributed by atoms with Crippen molar-refractivity contribution < 1.29 is 19.4 Å². The summed E-state index contributed by atoms with van der Waals surface area (Å²) < 4.78 is 5.30. The molecule has 0 amide bonds. The molecule has 1 saturated heterocycles. The van der Waals surface area contributed by atoms with Crippen LogP contribution in [-0.2, 0) is 14.3 Å². The molecular weight excluding hydrogens is 208 g/mol. The highest BCUT2D eigenvalue weighted by atomic mass is 16.6. The summed E-state index contributed by atoms with van der Waals surface area (Å²) in [4.78, 5) is 22.0. The molecule has 1 fully saturated rings. The van der Waals surface area contributed by atoms with E-state index in [0.29, 0.717) is 6.42 Å². The minimum absolute atomic E-state index is 0.0542. The maximum Gasteiger partial charge on any atom is 0.306 e. The average Bonchev–Trinajstić information content (AvgIpc) is 2.59. The van der Waals surface area contributed by atoms with E-state index in [1.165, 1.54) is 0 Å². The van der Waals surface area contributed by atoms with Crippen LogP contribution in [0.4, 0.5) is 0 Å². The van der Waals surface area contributed by atoms with E-state index in [4.69, 9.17) is 9.84 Å². The van der Waals surface area contributed by atoms with Crippen molar-refractivity contribution in [2.75, 3.05) is 0 Å². The summed E-state index contributed by atoms with van der Waals surface area (Å²) in [7, 11) is 0. The largest absolute Gasteiger partial charge is 0.481 e. The third-order valence-corrected chi connectivity index (χ3v) is 3.55. The lowest BCUT2D eigenvalue weighted by molar-refractivity contribution is -0.143. The second-order valence-corrected chi connectivity index (χ2v) is 4.54. The zero-order valence-corrected chi connectivity index (χ0v) is 9.26. The number of aliphatic carboxylic acids is 1. The van der Waals surface area contributed by atoms with E-state index in [0.717, 1.165) is 6.42 Å². The number of hydrogen-bond acceptors (Lipinski definition) is 3. The van der Waals surface area contributed by atoms with Crippen molar-refractivity contribution in [2.45, 2.75) is 32.3 Å². The first kappa shape index (κ1) is 11.2. The Labute approximate surface area is 94.3 Å². The van der Waals surface area contributed by atoms with Gasteiger partial charge >= 0.3 is 11.9 Å². The minimum Gasteiger partial charge on any atom is -0.481 e. The van der Waals surface area contributed by atoms with E-state index >= 15 is 0 Å². The van der Waals surface area contributed by atoms with Gasteiger partial charge in [0.2, 0.25) is 0 Å².